The average Bonchev–Trinajstić information content (AvgIpc) is 2.45. The molecule has 0 aliphatic carbocycles. The van der Waals surface area contributed by atoms with Crippen molar-refractivity contribution in [2.45, 2.75) is 6.10 Å². The molecule has 0 bridgehead atoms. The number of para-hydroxylation sites is 2. The van der Waals surface area contributed by atoms with Gasteiger partial charge in [0.1, 0.15) is 12.7 Å². The number of benzene rings is 1. The number of rotatable bonds is 8. The van der Waals surface area contributed by atoms with Crippen molar-refractivity contribution in [1.82, 2.24) is 10.2 Å². The lowest BCUT2D eigenvalue weighted by Gasteiger charge is -2.15. The van der Waals surface area contributed by atoms with Crippen molar-refractivity contribution in [3.63, 3.8) is 0 Å². The number of nitrogens with zero attached hydrogens (tertiary/aromatic N) is 1. The SMILES string of the molecule is COc1ccccc1OCC(O)CNCC(=O)N(C)C. The van der Waals surface area contributed by atoms with E-state index in [0.29, 0.717) is 11.5 Å². The van der Waals surface area contributed by atoms with Gasteiger partial charge in [-0.25, -0.2) is 0 Å². The van der Waals surface area contributed by atoms with Crippen LogP contribution in [0, 0.1) is 0 Å². The summed E-state index contributed by atoms with van der Waals surface area (Å²) >= 11 is 0. The molecular weight excluding hydrogens is 260 g/mol. The average molecular weight is 282 g/mol. The lowest BCUT2D eigenvalue weighted by molar-refractivity contribution is -0.127. The summed E-state index contributed by atoms with van der Waals surface area (Å²) < 4.78 is 10.6. The van der Waals surface area contributed by atoms with E-state index in [0.717, 1.165) is 0 Å². The highest BCUT2D eigenvalue weighted by Gasteiger charge is 2.09. The quantitative estimate of drug-likeness (QED) is 0.708. The molecule has 1 aromatic rings. The highest BCUT2D eigenvalue weighted by molar-refractivity contribution is 5.77. The van der Waals surface area contributed by atoms with Gasteiger partial charge < -0.3 is 24.8 Å². The fraction of sp³-hybridized carbons (Fsp3) is 0.500. The van der Waals surface area contributed by atoms with E-state index in [4.69, 9.17) is 9.47 Å². The predicted octanol–water partition coefficient (Wildman–Crippen LogP) is 0.113. The van der Waals surface area contributed by atoms with Crippen LogP contribution in [0.25, 0.3) is 0 Å². The molecule has 0 radical (unpaired) electrons. The lowest BCUT2D eigenvalue weighted by atomic mass is 10.3. The van der Waals surface area contributed by atoms with Gasteiger partial charge in [0.25, 0.3) is 0 Å². The van der Waals surface area contributed by atoms with Crippen LogP contribution in [0.3, 0.4) is 0 Å². The zero-order chi connectivity index (χ0) is 15.0. The molecule has 0 aliphatic rings. The number of ether oxygens (including phenoxy) is 2. The van der Waals surface area contributed by atoms with E-state index >= 15 is 0 Å². The Labute approximate surface area is 119 Å². The standard InChI is InChI=1S/C14H22N2O4/c1-16(2)14(18)9-15-8-11(17)10-20-13-7-5-4-6-12(13)19-3/h4-7,11,15,17H,8-10H2,1-3H3. The third kappa shape index (κ3) is 5.46. The molecule has 112 valence electrons. The summed E-state index contributed by atoms with van der Waals surface area (Å²) in [6.07, 6.45) is -0.699. The van der Waals surface area contributed by atoms with Gasteiger partial charge in [-0.1, -0.05) is 12.1 Å². The molecule has 0 heterocycles. The first-order valence-corrected chi connectivity index (χ1v) is 6.39. The zero-order valence-corrected chi connectivity index (χ0v) is 12.1. The van der Waals surface area contributed by atoms with Gasteiger partial charge >= 0.3 is 0 Å². The normalized spacial score (nSPS) is 11.8. The number of likely N-dealkylation sites (N-methyl/N-ethyl adjacent to an activating group) is 1. The third-order valence-electron chi connectivity index (χ3n) is 2.66. The number of aliphatic hydroxyl groups excluding tert-OH is 1. The second-order valence-corrected chi connectivity index (χ2v) is 4.53. The Balaban J connectivity index is 2.29. The van der Waals surface area contributed by atoms with E-state index in [1.54, 1.807) is 33.3 Å². The molecule has 20 heavy (non-hydrogen) atoms. The van der Waals surface area contributed by atoms with Crippen LogP contribution in [-0.4, -0.2) is 62.9 Å². The highest BCUT2D eigenvalue weighted by Crippen LogP contribution is 2.25. The van der Waals surface area contributed by atoms with Gasteiger partial charge in [0, 0.05) is 20.6 Å². The van der Waals surface area contributed by atoms with Crippen molar-refractivity contribution < 1.29 is 19.4 Å². The van der Waals surface area contributed by atoms with E-state index in [9.17, 15) is 9.90 Å². The molecule has 6 nitrogen and oxygen atoms in total. The molecule has 2 N–H and O–H groups in total. The largest absolute Gasteiger partial charge is 0.493 e. The molecule has 1 atom stereocenters. The molecule has 1 aromatic carbocycles. The molecule has 0 spiro atoms. The van der Waals surface area contributed by atoms with Crippen molar-refractivity contribution >= 4 is 5.91 Å². The number of hydrogen-bond acceptors (Lipinski definition) is 5. The second kappa shape index (κ2) is 8.39. The smallest absolute Gasteiger partial charge is 0.236 e. The number of amides is 1. The Bertz CT molecular complexity index is 423. The monoisotopic (exact) mass is 282 g/mol. The van der Waals surface area contributed by atoms with Crippen molar-refractivity contribution in [2.75, 3.05) is 40.9 Å². The molecule has 1 rings (SSSR count). The Morgan fingerprint density at radius 3 is 2.60 bits per heavy atom. The summed E-state index contributed by atoms with van der Waals surface area (Å²) in [6, 6.07) is 7.24. The first-order chi connectivity index (χ1) is 9.54. The molecule has 0 fully saturated rings. The molecule has 0 saturated heterocycles. The van der Waals surface area contributed by atoms with Gasteiger partial charge in [0.2, 0.25) is 5.91 Å². The summed E-state index contributed by atoms with van der Waals surface area (Å²) in [5.41, 5.74) is 0. The maximum absolute atomic E-state index is 11.3. The molecule has 6 heteroatoms. The third-order valence-corrected chi connectivity index (χ3v) is 2.66. The van der Waals surface area contributed by atoms with Crippen LogP contribution in [0.4, 0.5) is 0 Å². The molecular formula is C14H22N2O4. The molecule has 0 aliphatic heterocycles. The molecule has 1 amide bonds. The van der Waals surface area contributed by atoms with Crippen molar-refractivity contribution in [3.8, 4) is 11.5 Å². The van der Waals surface area contributed by atoms with Crippen molar-refractivity contribution in [2.24, 2.45) is 0 Å². The minimum atomic E-state index is -0.699. The minimum absolute atomic E-state index is 0.0390. The van der Waals surface area contributed by atoms with E-state index < -0.39 is 6.10 Å². The first-order valence-electron chi connectivity index (χ1n) is 6.39. The van der Waals surface area contributed by atoms with Gasteiger partial charge in [-0.3, -0.25) is 4.79 Å². The van der Waals surface area contributed by atoms with Crippen LogP contribution < -0.4 is 14.8 Å². The van der Waals surface area contributed by atoms with Gasteiger partial charge in [0.15, 0.2) is 11.5 Å². The van der Waals surface area contributed by atoms with Gasteiger partial charge in [0.05, 0.1) is 13.7 Å². The fourth-order valence-electron chi connectivity index (χ4n) is 1.49. The number of carbonyl (C=O) groups excluding carboxylic acids is 1. The minimum Gasteiger partial charge on any atom is -0.493 e. The van der Waals surface area contributed by atoms with Crippen molar-refractivity contribution in [3.05, 3.63) is 24.3 Å². The molecule has 1 unspecified atom stereocenters. The molecule has 0 saturated carbocycles. The predicted molar refractivity (Wildman–Crippen MR) is 76.1 cm³/mol. The Morgan fingerprint density at radius 1 is 1.35 bits per heavy atom. The van der Waals surface area contributed by atoms with E-state index in [-0.39, 0.29) is 25.6 Å². The zero-order valence-electron chi connectivity index (χ0n) is 12.1. The first kappa shape index (κ1) is 16.3. The number of carbonyl (C=O) groups is 1. The number of aliphatic hydroxyl groups is 1. The summed E-state index contributed by atoms with van der Waals surface area (Å²) in [4.78, 5) is 12.8. The summed E-state index contributed by atoms with van der Waals surface area (Å²) in [5, 5.41) is 12.7. The maximum Gasteiger partial charge on any atom is 0.236 e. The topological polar surface area (TPSA) is 71.0 Å². The van der Waals surface area contributed by atoms with Crippen LogP contribution in [0.2, 0.25) is 0 Å². The highest BCUT2D eigenvalue weighted by atomic mass is 16.5. The van der Waals surface area contributed by atoms with Crippen molar-refractivity contribution in [1.29, 1.82) is 0 Å². The fourth-order valence-corrected chi connectivity index (χ4v) is 1.49. The number of nitrogens with one attached hydrogen (secondary N) is 1. The van der Waals surface area contributed by atoms with Gasteiger partial charge in [-0.05, 0) is 12.1 Å². The van der Waals surface area contributed by atoms with Gasteiger partial charge in [-0.15, -0.1) is 0 Å². The second-order valence-electron chi connectivity index (χ2n) is 4.53. The van der Waals surface area contributed by atoms with E-state index in [1.807, 2.05) is 12.1 Å². The van der Waals surface area contributed by atoms with Crippen LogP contribution in [0.15, 0.2) is 24.3 Å². The van der Waals surface area contributed by atoms with Crippen LogP contribution >= 0.6 is 0 Å². The number of methoxy groups -OCH3 is 1. The summed E-state index contributed by atoms with van der Waals surface area (Å²) in [6.45, 7) is 0.608. The Morgan fingerprint density at radius 2 is 2.00 bits per heavy atom. The summed E-state index contributed by atoms with van der Waals surface area (Å²) in [5.74, 6) is 1.16. The maximum atomic E-state index is 11.3. The van der Waals surface area contributed by atoms with Crippen LogP contribution in [-0.2, 0) is 4.79 Å². The van der Waals surface area contributed by atoms with E-state index in [1.165, 1.54) is 4.90 Å². The van der Waals surface area contributed by atoms with Crippen LogP contribution in [0.5, 0.6) is 11.5 Å². The lowest BCUT2D eigenvalue weighted by Crippen LogP contribution is -2.38. The van der Waals surface area contributed by atoms with Crippen LogP contribution in [0.1, 0.15) is 0 Å². The summed E-state index contributed by atoms with van der Waals surface area (Å²) in [7, 11) is 4.93. The number of hydrogen-bond donors (Lipinski definition) is 2. The Kier molecular flexibility index (Phi) is 6.83. The molecule has 0 aromatic heterocycles. The Hall–Kier alpha value is -1.79. The van der Waals surface area contributed by atoms with E-state index in [2.05, 4.69) is 5.32 Å². The van der Waals surface area contributed by atoms with Gasteiger partial charge in [-0.2, -0.15) is 0 Å².